The number of esters is 1. The Morgan fingerprint density at radius 1 is 1.16 bits per heavy atom. The van der Waals surface area contributed by atoms with Crippen LogP contribution in [0.2, 0.25) is 0 Å². The van der Waals surface area contributed by atoms with Gasteiger partial charge >= 0.3 is 5.97 Å². The molecule has 2 aromatic carbocycles. The minimum atomic E-state index is -3.74. The molecule has 1 N–H and O–H groups in total. The third kappa shape index (κ3) is 6.59. The molecule has 0 aromatic heterocycles. The van der Waals surface area contributed by atoms with Crippen LogP contribution >= 0.6 is 0 Å². The van der Waals surface area contributed by atoms with Gasteiger partial charge in [0.05, 0.1) is 11.6 Å². The molecule has 0 atom stereocenters. The van der Waals surface area contributed by atoms with E-state index in [4.69, 9.17) is 10.00 Å². The fourth-order valence-corrected chi connectivity index (χ4v) is 2.64. The van der Waals surface area contributed by atoms with Gasteiger partial charge in [0.1, 0.15) is 13.2 Å². The lowest BCUT2D eigenvalue weighted by atomic mass is 10.1. The van der Waals surface area contributed by atoms with Crippen molar-refractivity contribution in [1.82, 2.24) is 4.72 Å². The third-order valence-electron chi connectivity index (χ3n) is 3.11. The summed E-state index contributed by atoms with van der Waals surface area (Å²) in [7, 11) is -3.74. The van der Waals surface area contributed by atoms with Gasteiger partial charge in [0, 0.05) is 5.41 Å². The maximum absolute atomic E-state index is 11.8. The summed E-state index contributed by atoms with van der Waals surface area (Å²) in [5.41, 5.74) is 1.84. The first-order valence-electron chi connectivity index (χ1n) is 7.36. The van der Waals surface area contributed by atoms with Crippen molar-refractivity contribution >= 4 is 22.1 Å². The van der Waals surface area contributed by atoms with Crippen molar-refractivity contribution in [1.29, 1.82) is 5.26 Å². The number of carbonyl (C=O) groups is 1. The zero-order chi connectivity index (χ0) is 18.1. The van der Waals surface area contributed by atoms with Gasteiger partial charge in [-0.2, -0.15) is 5.26 Å². The van der Waals surface area contributed by atoms with Gasteiger partial charge in [-0.25, -0.2) is 13.1 Å². The average Bonchev–Trinajstić information content (AvgIpc) is 2.64. The van der Waals surface area contributed by atoms with Crippen LogP contribution in [0.4, 0.5) is 0 Å². The number of benzene rings is 2. The summed E-state index contributed by atoms with van der Waals surface area (Å²) in [6, 6.07) is 17.5. The largest absolute Gasteiger partial charge is 0.460 e. The first kappa shape index (κ1) is 18.4. The fourth-order valence-electron chi connectivity index (χ4n) is 1.89. The molecule has 0 amide bonds. The van der Waals surface area contributed by atoms with E-state index in [1.165, 1.54) is 6.08 Å². The molecule has 2 rings (SSSR count). The molecular weight excluding hydrogens is 340 g/mol. The van der Waals surface area contributed by atoms with Crippen LogP contribution in [0.3, 0.4) is 0 Å². The van der Waals surface area contributed by atoms with Crippen molar-refractivity contribution in [2.75, 3.05) is 6.54 Å². The fraction of sp³-hybridized carbons (Fsp3) is 0.111. The van der Waals surface area contributed by atoms with Crippen molar-refractivity contribution in [3.8, 4) is 6.07 Å². The molecule has 0 saturated heterocycles. The summed E-state index contributed by atoms with van der Waals surface area (Å²) in [4.78, 5) is 11.7. The molecule has 2 aromatic rings. The number of nitrogens with one attached hydrogen (secondary N) is 1. The molecule has 6 nitrogen and oxygen atoms in total. The topological polar surface area (TPSA) is 96.3 Å². The lowest BCUT2D eigenvalue weighted by Crippen LogP contribution is -2.29. The van der Waals surface area contributed by atoms with E-state index in [0.717, 1.165) is 11.0 Å². The van der Waals surface area contributed by atoms with Gasteiger partial charge in [-0.05, 0) is 29.3 Å². The maximum Gasteiger partial charge on any atom is 0.321 e. The van der Waals surface area contributed by atoms with Crippen LogP contribution in [0, 0.1) is 11.3 Å². The number of nitriles is 1. The Balaban J connectivity index is 1.82. The molecule has 0 saturated carbocycles. The zero-order valence-corrected chi connectivity index (χ0v) is 14.1. The molecular formula is C18H16N2O4S. The molecule has 0 spiro atoms. The van der Waals surface area contributed by atoms with Crippen LogP contribution in [0.1, 0.15) is 16.7 Å². The second-order valence-electron chi connectivity index (χ2n) is 5.05. The van der Waals surface area contributed by atoms with Crippen LogP contribution in [0.25, 0.3) is 6.08 Å². The van der Waals surface area contributed by atoms with Gasteiger partial charge in [-0.15, -0.1) is 0 Å². The molecule has 128 valence electrons. The van der Waals surface area contributed by atoms with Crippen molar-refractivity contribution < 1.29 is 17.9 Å². The van der Waals surface area contributed by atoms with Crippen molar-refractivity contribution in [2.45, 2.75) is 6.61 Å². The number of rotatable bonds is 7. The Kier molecular flexibility index (Phi) is 6.46. The number of sulfonamides is 1. The van der Waals surface area contributed by atoms with Crippen LogP contribution in [-0.2, 0) is 26.2 Å². The molecule has 0 bridgehead atoms. The summed E-state index contributed by atoms with van der Waals surface area (Å²) < 4.78 is 30.8. The minimum Gasteiger partial charge on any atom is -0.460 e. The standard InChI is InChI=1S/C18H16N2O4S/c19-12-16-7-4-8-17(11-16)14-24-18(21)13-20-25(22,23)10-9-15-5-2-1-3-6-15/h1-11,20H,13-14H2/b10-9+. The van der Waals surface area contributed by atoms with Gasteiger partial charge in [-0.1, -0.05) is 42.5 Å². The molecule has 0 heterocycles. The van der Waals surface area contributed by atoms with E-state index in [1.54, 1.807) is 48.5 Å². The Labute approximate surface area is 146 Å². The van der Waals surface area contributed by atoms with Crippen molar-refractivity contribution in [2.24, 2.45) is 0 Å². The highest BCUT2D eigenvalue weighted by molar-refractivity contribution is 7.92. The molecule has 0 aliphatic rings. The lowest BCUT2D eigenvalue weighted by Gasteiger charge is -2.06. The monoisotopic (exact) mass is 356 g/mol. The van der Waals surface area contributed by atoms with E-state index in [-0.39, 0.29) is 6.61 Å². The number of hydrogen-bond acceptors (Lipinski definition) is 5. The van der Waals surface area contributed by atoms with E-state index < -0.39 is 22.5 Å². The zero-order valence-electron chi connectivity index (χ0n) is 13.3. The quantitative estimate of drug-likeness (QED) is 0.767. The molecule has 0 radical (unpaired) electrons. The number of ether oxygens (including phenoxy) is 1. The first-order chi connectivity index (χ1) is 12.0. The number of nitrogens with zero attached hydrogens (tertiary/aromatic N) is 1. The Bertz CT molecular complexity index is 900. The summed E-state index contributed by atoms with van der Waals surface area (Å²) in [5.74, 6) is -0.709. The van der Waals surface area contributed by atoms with Crippen LogP contribution in [0.5, 0.6) is 0 Å². The summed E-state index contributed by atoms with van der Waals surface area (Å²) in [5, 5.41) is 9.80. The minimum absolute atomic E-state index is 0.0318. The molecule has 7 heteroatoms. The second-order valence-corrected chi connectivity index (χ2v) is 6.70. The lowest BCUT2D eigenvalue weighted by molar-refractivity contribution is -0.143. The molecule has 25 heavy (non-hydrogen) atoms. The summed E-state index contributed by atoms with van der Waals surface area (Å²) in [6.45, 7) is -0.505. The van der Waals surface area contributed by atoms with Crippen LogP contribution < -0.4 is 4.72 Å². The van der Waals surface area contributed by atoms with Gasteiger partial charge in [-0.3, -0.25) is 4.79 Å². The molecule has 0 fully saturated rings. The smallest absolute Gasteiger partial charge is 0.321 e. The summed E-state index contributed by atoms with van der Waals surface area (Å²) in [6.07, 6.45) is 1.43. The van der Waals surface area contributed by atoms with Crippen LogP contribution in [0.15, 0.2) is 60.0 Å². The average molecular weight is 356 g/mol. The molecule has 0 unspecified atom stereocenters. The number of hydrogen-bond donors (Lipinski definition) is 1. The highest BCUT2D eigenvalue weighted by Gasteiger charge is 2.10. The van der Waals surface area contributed by atoms with Crippen molar-refractivity contribution in [3.63, 3.8) is 0 Å². The van der Waals surface area contributed by atoms with Gasteiger partial charge < -0.3 is 4.74 Å². The van der Waals surface area contributed by atoms with E-state index >= 15 is 0 Å². The van der Waals surface area contributed by atoms with Gasteiger partial charge in [0.15, 0.2) is 0 Å². The highest BCUT2D eigenvalue weighted by Crippen LogP contribution is 2.06. The normalized spacial score (nSPS) is 11.2. The third-order valence-corrected chi connectivity index (χ3v) is 4.15. The predicted octanol–water partition coefficient (Wildman–Crippen LogP) is 2.19. The van der Waals surface area contributed by atoms with Crippen molar-refractivity contribution in [3.05, 3.63) is 76.7 Å². The first-order valence-corrected chi connectivity index (χ1v) is 8.90. The van der Waals surface area contributed by atoms with E-state index in [1.807, 2.05) is 12.1 Å². The van der Waals surface area contributed by atoms with Gasteiger partial charge in [0.2, 0.25) is 10.0 Å². The van der Waals surface area contributed by atoms with Crippen LogP contribution in [-0.4, -0.2) is 20.9 Å². The van der Waals surface area contributed by atoms with E-state index in [2.05, 4.69) is 4.72 Å². The van der Waals surface area contributed by atoms with E-state index in [0.29, 0.717) is 11.1 Å². The maximum atomic E-state index is 11.8. The number of carbonyl (C=O) groups excluding carboxylic acids is 1. The van der Waals surface area contributed by atoms with Gasteiger partial charge in [0.25, 0.3) is 0 Å². The highest BCUT2D eigenvalue weighted by atomic mass is 32.2. The second kappa shape index (κ2) is 8.78. The Morgan fingerprint density at radius 3 is 2.64 bits per heavy atom. The SMILES string of the molecule is N#Cc1cccc(COC(=O)CNS(=O)(=O)/C=C/c2ccccc2)c1. The summed E-state index contributed by atoms with van der Waals surface area (Å²) >= 11 is 0. The Morgan fingerprint density at radius 2 is 1.92 bits per heavy atom. The Hall–Kier alpha value is -2.95. The molecule has 0 aliphatic carbocycles. The predicted molar refractivity (Wildman–Crippen MR) is 93.4 cm³/mol. The van der Waals surface area contributed by atoms with E-state index in [9.17, 15) is 13.2 Å². The molecule has 0 aliphatic heterocycles.